The summed E-state index contributed by atoms with van der Waals surface area (Å²) >= 11 is 0. The van der Waals surface area contributed by atoms with Gasteiger partial charge in [-0.15, -0.1) is 0 Å². The molecule has 5 rings (SSSR count). The number of hydrogen-bond acceptors (Lipinski definition) is 3. The fourth-order valence-corrected chi connectivity index (χ4v) is 3.82. The van der Waals surface area contributed by atoms with Crippen molar-refractivity contribution in [2.45, 2.75) is 18.1 Å². The Morgan fingerprint density at radius 1 is 0.758 bits per heavy atom. The van der Waals surface area contributed by atoms with Gasteiger partial charge in [-0.05, 0) is 36.4 Å². The van der Waals surface area contributed by atoms with Crippen molar-refractivity contribution in [2.75, 3.05) is 0 Å². The summed E-state index contributed by atoms with van der Waals surface area (Å²) in [6.45, 7) is 0. The second kappa shape index (κ2) is 7.09. The normalized spacial score (nSPS) is 18.5. The number of alkyl halides is 6. The summed E-state index contributed by atoms with van der Waals surface area (Å²) in [5.41, 5.74) is -3.87. The molecule has 0 bridgehead atoms. The summed E-state index contributed by atoms with van der Waals surface area (Å²) in [5.74, 6) is -0.772. The van der Waals surface area contributed by atoms with E-state index in [-0.39, 0.29) is 28.1 Å². The predicted molar refractivity (Wildman–Crippen MR) is 108 cm³/mol. The number of fused-ring (bicyclic) bond motifs is 3. The molecular formula is C23H13F6N3O. The molecule has 0 unspecified atom stereocenters. The number of aromatic nitrogens is 2. The number of nitrogens with zero attached hydrogens (tertiary/aromatic N) is 3. The van der Waals surface area contributed by atoms with Crippen LogP contribution >= 0.6 is 0 Å². The second-order valence-corrected chi connectivity index (χ2v) is 7.34. The van der Waals surface area contributed by atoms with Crippen LogP contribution in [0.15, 0.2) is 83.9 Å². The van der Waals surface area contributed by atoms with E-state index in [2.05, 4.69) is 9.98 Å². The van der Waals surface area contributed by atoms with Gasteiger partial charge in [0.1, 0.15) is 0 Å². The van der Waals surface area contributed by atoms with Crippen LogP contribution < -0.4 is 0 Å². The molecule has 1 aliphatic heterocycles. The minimum atomic E-state index is -4.99. The Bertz CT molecular complexity index is 1360. The van der Waals surface area contributed by atoms with Gasteiger partial charge in [0, 0.05) is 11.1 Å². The highest BCUT2D eigenvalue weighted by atomic mass is 19.4. The van der Waals surface area contributed by atoms with Gasteiger partial charge in [0.05, 0.1) is 16.6 Å². The number of halogens is 6. The average molecular weight is 461 g/mol. The molecular weight excluding hydrogens is 448 g/mol. The standard InChI is InChI=1S/C23H13F6N3O/c24-22(25,26)16-12-10-14(11-13-16)19-31-20-30-17-8-4-5-9-18(17)32(20)21(33-19,23(27,28)29)15-6-2-1-3-7-15/h1-13H/t21-/m0/s1. The molecule has 1 atom stereocenters. The van der Waals surface area contributed by atoms with E-state index >= 15 is 0 Å². The zero-order valence-electron chi connectivity index (χ0n) is 16.5. The summed E-state index contributed by atoms with van der Waals surface area (Å²) in [6.07, 6.45) is -9.58. The molecule has 0 saturated heterocycles. The fourth-order valence-electron chi connectivity index (χ4n) is 3.82. The molecule has 3 aromatic carbocycles. The molecule has 0 spiro atoms. The Kier molecular flexibility index (Phi) is 4.52. The first-order valence-electron chi connectivity index (χ1n) is 9.67. The molecule has 0 amide bonds. The Morgan fingerprint density at radius 2 is 1.39 bits per heavy atom. The van der Waals surface area contributed by atoms with E-state index in [1.807, 2.05) is 0 Å². The zero-order chi connectivity index (χ0) is 23.4. The van der Waals surface area contributed by atoms with Crippen molar-refractivity contribution in [1.29, 1.82) is 0 Å². The fraction of sp³-hybridized carbons (Fsp3) is 0.130. The van der Waals surface area contributed by atoms with Crippen molar-refractivity contribution < 1.29 is 31.1 Å². The van der Waals surface area contributed by atoms with Crippen LogP contribution in [-0.4, -0.2) is 21.6 Å². The van der Waals surface area contributed by atoms with E-state index in [0.29, 0.717) is 0 Å². The van der Waals surface area contributed by atoms with Crippen LogP contribution in [0.4, 0.5) is 32.3 Å². The Hall–Kier alpha value is -3.82. The summed E-state index contributed by atoms with van der Waals surface area (Å²) < 4.78 is 90.0. The molecule has 10 heteroatoms. The van der Waals surface area contributed by atoms with Gasteiger partial charge in [-0.25, -0.2) is 4.98 Å². The summed E-state index contributed by atoms with van der Waals surface area (Å²) in [5, 5.41) is 0. The van der Waals surface area contributed by atoms with Crippen LogP contribution in [-0.2, 0) is 16.6 Å². The number of imidazole rings is 1. The van der Waals surface area contributed by atoms with Crippen molar-refractivity contribution in [1.82, 2.24) is 9.55 Å². The van der Waals surface area contributed by atoms with Gasteiger partial charge >= 0.3 is 18.1 Å². The molecule has 0 N–H and O–H groups in total. The first-order valence-corrected chi connectivity index (χ1v) is 9.67. The van der Waals surface area contributed by atoms with Crippen molar-refractivity contribution in [2.24, 2.45) is 4.99 Å². The van der Waals surface area contributed by atoms with Gasteiger partial charge in [0.2, 0.25) is 11.8 Å². The Morgan fingerprint density at radius 3 is 2.03 bits per heavy atom. The SMILES string of the molecule is FC(F)(F)c1ccc(C2=Nc3nc4ccccc4n3[C@](c3ccccc3)(C(F)(F)F)O2)cc1. The predicted octanol–water partition coefficient (Wildman–Crippen LogP) is 6.43. The number of rotatable bonds is 2. The number of hydrogen-bond donors (Lipinski definition) is 0. The molecule has 1 aliphatic rings. The lowest BCUT2D eigenvalue weighted by Crippen LogP contribution is -2.53. The smallest absolute Gasteiger partial charge is 0.436 e. The molecule has 4 aromatic rings. The molecule has 0 saturated carbocycles. The van der Waals surface area contributed by atoms with Gasteiger partial charge in [-0.2, -0.15) is 31.3 Å². The van der Waals surface area contributed by atoms with Crippen LogP contribution in [0.25, 0.3) is 11.0 Å². The number of benzene rings is 3. The lowest BCUT2D eigenvalue weighted by Gasteiger charge is -2.40. The van der Waals surface area contributed by atoms with Crippen LogP contribution in [0.1, 0.15) is 16.7 Å². The van der Waals surface area contributed by atoms with Gasteiger partial charge in [0.15, 0.2) is 0 Å². The summed E-state index contributed by atoms with van der Waals surface area (Å²) in [4.78, 5) is 8.38. The lowest BCUT2D eigenvalue weighted by molar-refractivity contribution is -0.271. The van der Waals surface area contributed by atoms with Gasteiger partial charge in [-0.1, -0.05) is 42.5 Å². The van der Waals surface area contributed by atoms with Crippen molar-refractivity contribution in [3.05, 3.63) is 95.6 Å². The zero-order valence-corrected chi connectivity index (χ0v) is 16.5. The summed E-state index contributed by atoms with van der Waals surface area (Å²) in [7, 11) is 0. The maximum Gasteiger partial charge on any atom is 0.454 e. The molecule has 33 heavy (non-hydrogen) atoms. The highest BCUT2D eigenvalue weighted by Crippen LogP contribution is 2.49. The first kappa shape index (κ1) is 21.0. The van der Waals surface area contributed by atoms with Crippen LogP contribution in [0.5, 0.6) is 0 Å². The highest BCUT2D eigenvalue weighted by molar-refractivity contribution is 5.97. The van der Waals surface area contributed by atoms with Gasteiger partial charge in [-0.3, -0.25) is 4.57 Å². The van der Waals surface area contributed by atoms with Crippen molar-refractivity contribution in [3.63, 3.8) is 0 Å². The molecule has 1 aromatic heterocycles. The minimum absolute atomic E-state index is 0.0501. The third kappa shape index (κ3) is 3.24. The third-order valence-corrected chi connectivity index (χ3v) is 5.31. The van der Waals surface area contributed by atoms with E-state index < -0.39 is 29.5 Å². The maximum absolute atomic E-state index is 14.9. The molecule has 0 radical (unpaired) electrons. The quantitative estimate of drug-likeness (QED) is 0.323. The largest absolute Gasteiger partial charge is 0.454 e. The minimum Gasteiger partial charge on any atom is -0.436 e. The number of para-hydroxylation sites is 2. The van der Waals surface area contributed by atoms with Crippen LogP contribution in [0.3, 0.4) is 0 Å². The highest BCUT2D eigenvalue weighted by Gasteiger charge is 2.64. The average Bonchev–Trinajstić information content (AvgIpc) is 3.16. The van der Waals surface area contributed by atoms with Crippen LogP contribution in [0, 0.1) is 0 Å². The van der Waals surface area contributed by atoms with E-state index in [4.69, 9.17) is 4.74 Å². The molecule has 2 heterocycles. The van der Waals surface area contributed by atoms with Gasteiger partial charge in [0.25, 0.3) is 0 Å². The third-order valence-electron chi connectivity index (χ3n) is 5.31. The van der Waals surface area contributed by atoms with E-state index in [1.165, 1.54) is 30.3 Å². The van der Waals surface area contributed by atoms with E-state index in [1.54, 1.807) is 24.3 Å². The van der Waals surface area contributed by atoms with Crippen molar-refractivity contribution in [3.8, 4) is 0 Å². The lowest BCUT2D eigenvalue weighted by atomic mass is 10.00. The Balaban J connectivity index is 1.79. The summed E-state index contributed by atoms with van der Waals surface area (Å²) in [6, 6.07) is 16.7. The first-order chi connectivity index (χ1) is 15.6. The van der Waals surface area contributed by atoms with Crippen molar-refractivity contribution >= 4 is 22.9 Å². The Labute approximate surface area is 182 Å². The molecule has 4 nitrogen and oxygen atoms in total. The molecule has 0 fully saturated rings. The van der Waals surface area contributed by atoms with Gasteiger partial charge < -0.3 is 4.74 Å². The topological polar surface area (TPSA) is 39.4 Å². The number of aliphatic imine (C=N–C) groups is 1. The maximum atomic E-state index is 14.9. The molecule has 168 valence electrons. The second-order valence-electron chi connectivity index (χ2n) is 7.34. The van der Waals surface area contributed by atoms with E-state index in [0.717, 1.165) is 28.8 Å². The van der Waals surface area contributed by atoms with E-state index in [9.17, 15) is 26.3 Å². The van der Waals surface area contributed by atoms with Crippen LogP contribution in [0.2, 0.25) is 0 Å². The molecule has 0 aliphatic carbocycles. The number of ether oxygens (including phenoxy) is 1. The monoisotopic (exact) mass is 461 g/mol.